The Bertz CT molecular complexity index is 665. The van der Waals surface area contributed by atoms with Gasteiger partial charge in [0.25, 0.3) is 0 Å². The van der Waals surface area contributed by atoms with Crippen LogP contribution in [0.1, 0.15) is 18.1 Å². The molecule has 0 nitrogen and oxygen atoms in total. The van der Waals surface area contributed by atoms with Gasteiger partial charge in [-0.05, 0) is 36.1 Å². The molecule has 0 saturated heterocycles. The summed E-state index contributed by atoms with van der Waals surface area (Å²) in [4.78, 5) is 0. The van der Waals surface area contributed by atoms with Gasteiger partial charge in [0.15, 0.2) is 0 Å². The van der Waals surface area contributed by atoms with E-state index in [9.17, 15) is 0 Å². The minimum atomic E-state index is -0.345. The van der Waals surface area contributed by atoms with Gasteiger partial charge in [-0.1, -0.05) is 91.9 Å². The van der Waals surface area contributed by atoms with E-state index >= 15 is 0 Å². The smallest absolute Gasteiger partial charge is 0.000753 e. The van der Waals surface area contributed by atoms with E-state index in [1.54, 1.807) is 0 Å². The summed E-state index contributed by atoms with van der Waals surface area (Å²) in [5, 5.41) is 2.90. The summed E-state index contributed by atoms with van der Waals surface area (Å²) < 4.78 is 0. The van der Waals surface area contributed by atoms with Crippen molar-refractivity contribution in [1.82, 2.24) is 0 Å². The minimum Gasteiger partial charge on any atom is -0.0622 e. The van der Waals surface area contributed by atoms with E-state index in [-0.39, 0.29) is 7.92 Å². The molecule has 0 aliphatic carbocycles. The summed E-state index contributed by atoms with van der Waals surface area (Å²) in [6.07, 6.45) is 2.21. The van der Waals surface area contributed by atoms with Crippen molar-refractivity contribution in [2.24, 2.45) is 0 Å². The topological polar surface area (TPSA) is 0 Å². The molecule has 0 aliphatic rings. The van der Waals surface area contributed by atoms with E-state index in [1.165, 1.54) is 21.7 Å². The van der Waals surface area contributed by atoms with Crippen molar-refractivity contribution in [3.8, 4) is 0 Å². The first-order valence-electron chi connectivity index (χ1n) is 7.82. The second kappa shape index (κ2) is 7.38. The third-order valence-corrected chi connectivity index (χ3v) is 6.40. The predicted octanol–water partition coefficient (Wildman–Crippen LogP) is 4.88. The lowest BCUT2D eigenvalue weighted by Gasteiger charge is -2.19. The maximum Gasteiger partial charge on any atom is 0.000753 e. The van der Waals surface area contributed by atoms with Gasteiger partial charge in [0.05, 0.1) is 0 Å². The van der Waals surface area contributed by atoms with Crippen LogP contribution in [0.5, 0.6) is 0 Å². The molecule has 0 heterocycles. The van der Waals surface area contributed by atoms with E-state index in [2.05, 4.69) is 91.9 Å². The van der Waals surface area contributed by atoms with Gasteiger partial charge in [0.2, 0.25) is 0 Å². The summed E-state index contributed by atoms with van der Waals surface area (Å²) in [6.45, 7) is 2.22. The molecule has 0 bridgehead atoms. The van der Waals surface area contributed by atoms with Crippen LogP contribution in [-0.4, -0.2) is 0 Å². The number of hydrogen-bond acceptors (Lipinski definition) is 0. The summed E-state index contributed by atoms with van der Waals surface area (Å²) in [5.41, 5.74) is 2.87. The molecule has 0 spiro atoms. The third kappa shape index (κ3) is 3.64. The van der Waals surface area contributed by atoms with Crippen LogP contribution in [0.3, 0.4) is 0 Å². The molecular weight excluding hydrogens is 283 g/mol. The van der Waals surface area contributed by atoms with Crippen LogP contribution in [0.4, 0.5) is 0 Å². The van der Waals surface area contributed by atoms with Gasteiger partial charge in [-0.2, -0.15) is 0 Å². The zero-order valence-electron chi connectivity index (χ0n) is 12.9. The average molecular weight is 304 g/mol. The molecule has 110 valence electrons. The van der Waals surface area contributed by atoms with Gasteiger partial charge in [-0.15, -0.1) is 0 Å². The molecule has 1 heteroatoms. The van der Waals surface area contributed by atoms with Gasteiger partial charge in [0.1, 0.15) is 0 Å². The Labute approximate surface area is 134 Å². The van der Waals surface area contributed by atoms with E-state index < -0.39 is 0 Å². The summed E-state index contributed by atoms with van der Waals surface area (Å²) in [7, 11) is -0.345. The number of rotatable bonds is 5. The molecule has 0 atom stereocenters. The molecule has 0 radical (unpaired) electrons. The van der Waals surface area contributed by atoms with Crippen molar-refractivity contribution in [3.05, 3.63) is 96.1 Å². The quantitative estimate of drug-likeness (QED) is 0.589. The first kappa shape index (κ1) is 15.0. The summed E-state index contributed by atoms with van der Waals surface area (Å²) in [6, 6.07) is 30.9. The highest BCUT2D eigenvalue weighted by Crippen LogP contribution is 2.37. The molecular formula is C21H21P. The fraction of sp³-hybridized carbons (Fsp3) is 0.143. The summed E-state index contributed by atoms with van der Waals surface area (Å²) >= 11 is 0. The highest BCUT2D eigenvalue weighted by atomic mass is 31.1. The molecule has 0 amide bonds. The van der Waals surface area contributed by atoms with Crippen LogP contribution < -0.4 is 10.6 Å². The Hall–Kier alpha value is -1.91. The fourth-order valence-corrected chi connectivity index (χ4v) is 4.97. The van der Waals surface area contributed by atoms with Gasteiger partial charge in [0, 0.05) is 6.16 Å². The molecule has 22 heavy (non-hydrogen) atoms. The van der Waals surface area contributed by atoms with Crippen LogP contribution in [-0.2, 0) is 12.6 Å². The van der Waals surface area contributed by atoms with Crippen LogP contribution in [0.25, 0.3) is 0 Å². The highest BCUT2D eigenvalue weighted by Gasteiger charge is 2.14. The standard InChI is InChI=1S/C21H21P/c1-2-18-10-9-11-19(16-18)17-22(20-12-5-3-6-13-20)21-14-7-4-8-15-21/h3-16H,2,17H2,1H3. The van der Waals surface area contributed by atoms with Crippen molar-refractivity contribution in [3.63, 3.8) is 0 Å². The molecule has 0 saturated carbocycles. The zero-order chi connectivity index (χ0) is 15.2. The van der Waals surface area contributed by atoms with E-state index in [1.807, 2.05) is 0 Å². The van der Waals surface area contributed by atoms with Gasteiger partial charge >= 0.3 is 0 Å². The van der Waals surface area contributed by atoms with Crippen LogP contribution in [0, 0.1) is 0 Å². The van der Waals surface area contributed by atoms with Gasteiger partial charge < -0.3 is 0 Å². The molecule has 0 N–H and O–H groups in total. The lowest BCUT2D eigenvalue weighted by Crippen LogP contribution is -2.12. The van der Waals surface area contributed by atoms with Gasteiger partial charge in [-0.25, -0.2) is 0 Å². The zero-order valence-corrected chi connectivity index (χ0v) is 13.8. The summed E-state index contributed by atoms with van der Waals surface area (Å²) in [5.74, 6) is 0. The molecule has 3 rings (SSSR count). The largest absolute Gasteiger partial charge is 0.0622 e. The van der Waals surface area contributed by atoms with E-state index in [0.717, 1.165) is 12.6 Å². The fourth-order valence-electron chi connectivity index (χ4n) is 2.68. The van der Waals surface area contributed by atoms with Gasteiger partial charge in [-0.3, -0.25) is 0 Å². The van der Waals surface area contributed by atoms with Crippen molar-refractivity contribution in [2.75, 3.05) is 0 Å². The lowest BCUT2D eigenvalue weighted by molar-refractivity contribution is 1.13. The highest BCUT2D eigenvalue weighted by molar-refractivity contribution is 7.72. The second-order valence-corrected chi connectivity index (χ2v) is 7.64. The van der Waals surface area contributed by atoms with Crippen molar-refractivity contribution >= 4 is 18.5 Å². The van der Waals surface area contributed by atoms with Crippen molar-refractivity contribution in [1.29, 1.82) is 0 Å². The second-order valence-electron chi connectivity index (χ2n) is 5.43. The Morgan fingerprint density at radius 2 is 1.18 bits per heavy atom. The predicted molar refractivity (Wildman–Crippen MR) is 98.6 cm³/mol. The van der Waals surface area contributed by atoms with Crippen molar-refractivity contribution in [2.45, 2.75) is 19.5 Å². The Morgan fingerprint density at radius 1 is 0.636 bits per heavy atom. The molecule has 0 aromatic heterocycles. The van der Waals surface area contributed by atoms with Crippen LogP contribution in [0.15, 0.2) is 84.9 Å². The monoisotopic (exact) mass is 304 g/mol. The Kier molecular flexibility index (Phi) is 5.03. The SMILES string of the molecule is CCc1cccc(CP(c2ccccc2)c2ccccc2)c1. The first-order chi connectivity index (χ1) is 10.9. The minimum absolute atomic E-state index is 0.345. The average Bonchev–Trinajstić information content (AvgIpc) is 2.61. The van der Waals surface area contributed by atoms with E-state index in [4.69, 9.17) is 0 Å². The maximum atomic E-state index is 2.36. The number of aryl methyl sites for hydroxylation is 1. The van der Waals surface area contributed by atoms with Crippen LogP contribution >= 0.6 is 7.92 Å². The Balaban J connectivity index is 1.95. The van der Waals surface area contributed by atoms with Crippen LogP contribution in [0.2, 0.25) is 0 Å². The molecule has 3 aromatic carbocycles. The Morgan fingerprint density at radius 3 is 1.73 bits per heavy atom. The van der Waals surface area contributed by atoms with E-state index in [0.29, 0.717) is 0 Å². The lowest BCUT2D eigenvalue weighted by atomic mass is 10.1. The molecule has 0 fully saturated rings. The molecule has 0 unspecified atom stereocenters. The van der Waals surface area contributed by atoms with Crippen molar-refractivity contribution < 1.29 is 0 Å². The molecule has 0 aliphatic heterocycles. The normalized spacial score (nSPS) is 10.8. The number of hydrogen-bond donors (Lipinski definition) is 0. The molecule has 3 aromatic rings. The first-order valence-corrected chi connectivity index (χ1v) is 9.35. The maximum absolute atomic E-state index is 2.36. The number of benzene rings is 3. The third-order valence-electron chi connectivity index (χ3n) is 3.88.